The van der Waals surface area contributed by atoms with Gasteiger partial charge < -0.3 is 20.8 Å². The summed E-state index contributed by atoms with van der Waals surface area (Å²) in [5.74, 6) is 0.138. The first kappa shape index (κ1) is 13.4. The monoisotopic (exact) mass is 241 g/mol. The summed E-state index contributed by atoms with van der Waals surface area (Å²) in [6.07, 6.45) is 0.224. The zero-order valence-electron chi connectivity index (χ0n) is 10.4. The first-order valence-electron chi connectivity index (χ1n) is 5.58. The molecule has 7 nitrogen and oxygen atoms in total. The lowest BCUT2D eigenvalue weighted by molar-refractivity contribution is -0.118. The molecule has 1 amide bonds. The molecule has 7 heteroatoms. The standard InChI is InChI=1S/C10H19N5O2/c1-6(2)12-5-9-14-15-10(17-9)13-7(3)4-8(11)16/h6-7,12H,4-5H2,1-3H3,(H2,11,16)(H,13,15). The SMILES string of the molecule is CC(C)NCc1nnc(NC(C)CC(N)=O)o1. The molecule has 0 bridgehead atoms. The Kier molecular flexibility index (Phi) is 4.89. The fourth-order valence-corrected chi connectivity index (χ4v) is 1.24. The van der Waals surface area contributed by atoms with Gasteiger partial charge in [-0.3, -0.25) is 4.79 Å². The number of nitrogens with one attached hydrogen (secondary N) is 2. The molecule has 0 aliphatic carbocycles. The minimum atomic E-state index is -0.369. The highest BCUT2D eigenvalue weighted by molar-refractivity contribution is 5.74. The highest BCUT2D eigenvalue weighted by Crippen LogP contribution is 2.08. The third kappa shape index (κ3) is 5.30. The molecule has 17 heavy (non-hydrogen) atoms. The van der Waals surface area contributed by atoms with Crippen molar-refractivity contribution in [3.63, 3.8) is 0 Å². The molecule has 1 atom stereocenters. The van der Waals surface area contributed by atoms with Gasteiger partial charge in [-0.1, -0.05) is 18.9 Å². The molecule has 1 rings (SSSR count). The van der Waals surface area contributed by atoms with Crippen LogP contribution in [-0.2, 0) is 11.3 Å². The highest BCUT2D eigenvalue weighted by atomic mass is 16.4. The smallest absolute Gasteiger partial charge is 0.315 e. The zero-order valence-corrected chi connectivity index (χ0v) is 10.4. The highest BCUT2D eigenvalue weighted by Gasteiger charge is 2.11. The van der Waals surface area contributed by atoms with Crippen molar-refractivity contribution < 1.29 is 9.21 Å². The predicted octanol–water partition coefficient (Wildman–Crippen LogP) is 0.243. The number of carbonyl (C=O) groups is 1. The van der Waals surface area contributed by atoms with Gasteiger partial charge in [-0.15, -0.1) is 5.10 Å². The average molecular weight is 241 g/mol. The molecule has 0 aliphatic heterocycles. The number of amides is 1. The van der Waals surface area contributed by atoms with Crippen LogP contribution in [0.4, 0.5) is 6.01 Å². The molecule has 1 unspecified atom stereocenters. The lowest BCUT2D eigenvalue weighted by Crippen LogP contribution is -2.24. The molecular formula is C10H19N5O2. The topological polar surface area (TPSA) is 106 Å². The summed E-state index contributed by atoms with van der Waals surface area (Å²) >= 11 is 0. The number of hydrogen-bond donors (Lipinski definition) is 3. The van der Waals surface area contributed by atoms with Crippen molar-refractivity contribution in [3.05, 3.63) is 5.89 Å². The number of nitrogens with two attached hydrogens (primary N) is 1. The van der Waals surface area contributed by atoms with E-state index in [0.29, 0.717) is 24.5 Å². The Hall–Kier alpha value is -1.63. The van der Waals surface area contributed by atoms with Gasteiger partial charge >= 0.3 is 6.01 Å². The number of aromatic nitrogens is 2. The second kappa shape index (κ2) is 6.19. The molecule has 0 saturated carbocycles. The number of carbonyl (C=O) groups excluding carboxylic acids is 1. The van der Waals surface area contributed by atoms with Crippen LogP contribution in [0.1, 0.15) is 33.1 Å². The summed E-state index contributed by atoms with van der Waals surface area (Å²) in [6.45, 7) is 6.41. The first-order chi connectivity index (χ1) is 7.97. The normalized spacial score (nSPS) is 12.7. The summed E-state index contributed by atoms with van der Waals surface area (Å²) in [4.78, 5) is 10.7. The minimum absolute atomic E-state index is 0.126. The van der Waals surface area contributed by atoms with Crippen LogP contribution in [0.5, 0.6) is 0 Å². The van der Waals surface area contributed by atoms with Crippen molar-refractivity contribution in [1.29, 1.82) is 0 Å². The average Bonchev–Trinajstić information content (AvgIpc) is 2.61. The Morgan fingerprint density at radius 1 is 1.41 bits per heavy atom. The Balaban J connectivity index is 2.42. The van der Waals surface area contributed by atoms with Gasteiger partial charge in [0.1, 0.15) is 0 Å². The molecule has 0 radical (unpaired) electrons. The van der Waals surface area contributed by atoms with Crippen LogP contribution < -0.4 is 16.4 Å². The molecule has 96 valence electrons. The number of nitrogens with zero attached hydrogens (tertiary/aromatic N) is 2. The molecule has 1 aromatic rings. The maximum atomic E-state index is 10.7. The van der Waals surface area contributed by atoms with E-state index in [0.717, 1.165) is 0 Å². The van der Waals surface area contributed by atoms with Gasteiger partial charge in [-0.05, 0) is 6.92 Å². The number of rotatable bonds is 7. The molecule has 1 heterocycles. The van der Waals surface area contributed by atoms with E-state index in [-0.39, 0.29) is 18.4 Å². The van der Waals surface area contributed by atoms with Crippen LogP contribution in [0.15, 0.2) is 4.42 Å². The van der Waals surface area contributed by atoms with Gasteiger partial charge in [0, 0.05) is 18.5 Å². The Morgan fingerprint density at radius 2 is 2.12 bits per heavy atom. The summed E-state index contributed by atoms with van der Waals surface area (Å²) in [7, 11) is 0. The number of primary amides is 1. The largest absolute Gasteiger partial charge is 0.407 e. The molecular weight excluding hydrogens is 222 g/mol. The third-order valence-corrected chi connectivity index (χ3v) is 2.01. The summed E-state index contributed by atoms with van der Waals surface area (Å²) < 4.78 is 5.34. The predicted molar refractivity (Wildman–Crippen MR) is 63.2 cm³/mol. The second-order valence-electron chi connectivity index (χ2n) is 4.25. The van der Waals surface area contributed by atoms with Crippen molar-refractivity contribution in [2.75, 3.05) is 5.32 Å². The minimum Gasteiger partial charge on any atom is -0.407 e. The maximum absolute atomic E-state index is 10.7. The van der Waals surface area contributed by atoms with E-state index in [2.05, 4.69) is 20.8 Å². The molecule has 1 aromatic heterocycles. The summed E-state index contributed by atoms with van der Waals surface area (Å²) in [5, 5.41) is 13.8. The third-order valence-electron chi connectivity index (χ3n) is 2.01. The number of anilines is 1. The van der Waals surface area contributed by atoms with Gasteiger partial charge in [0.05, 0.1) is 6.54 Å². The van der Waals surface area contributed by atoms with Crippen molar-refractivity contribution in [1.82, 2.24) is 15.5 Å². The van der Waals surface area contributed by atoms with Crippen LogP contribution in [0.25, 0.3) is 0 Å². The van der Waals surface area contributed by atoms with Gasteiger partial charge in [0.2, 0.25) is 11.8 Å². The van der Waals surface area contributed by atoms with Gasteiger partial charge in [0.25, 0.3) is 0 Å². The van der Waals surface area contributed by atoms with Crippen molar-refractivity contribution in [3.8, 4) is 0 Å². The van der Waals surface area contributed by atoms with E-state index in [1.54, 1.807) is 0 Å². The van der Waals surface area contributed by atoms with Crippen molar-refractivity contribution in [2.24, 2.45) is 5.73 Å². The lowest BCUT2D eigenvalue weighted by Gasteiger charge is -2.08. The molecule has 0 aliphatic rings. The molecule has 0 fully saturated rings. The first-order valence-corrected chi connectivity index (χ1v) is 5.58. The van der Waals surface area contributed by atoms with Gasteiger partial charge in [-0.2, -0.15) is 0 Å². The zero-order chi connectivity index (χ0) is 12.8. The summed E-state index contributed by atoms with van der Waals surface area (Å²) in [5.41, 5.74) is 5.08. The van der Waals surface area contributed by atoms with E-state index < -0.39 is 0 Å². The van der Waals surface area contributed by atoms with Crippen molar-refractivity contribution >= 4 is 11.9 Å². The Morgan fingerprint density at radius 3 is 2.71 bits per heavy atom. The van der Waals surface area contributed by atoms with E-state index in [1.165, 1.54) is 0 Å². The lowest BCUT2D eigenvalue weighted by atomic mass is 10.2. The van der Waals surface area contributed by atoms with E-state index in [9.17, 15) is 4.79 Å². The van der Waals surface area contributed by atoms with E-state index in [4.69, 9.17) is 10.2 Å². The van der Waals surface area contributed by atoms with E-state index >= 15 is 0 Å². The quantitative estimate of drug-likeness (QED) is 0.631. The second-order valence-corrected chi connectivity index (χ2v) is 4.25. The fourth-order valence-electron chi connectivity index (χ4n) is 1.24. The summed E-state index contributed by atoms with van der Waals surface area (Å²) in [6, 6.07) is 0.533. The van der Waals surface area contributed by atoms with Crippen LogP contribution >= 0.6 is 0 Å². The van der Waals surface area contributed by atoms with Gasteiger partial charge in [0.15, 0.2) is 0 Å². The van der Waals surface area contributed by atoms with Crippen LogP contribution in [0, 0.1) is 0 Å². The molecule has 0 saturated heterocycles. The van der Waals surface area contributed by atoms with Crippen LogP contribution in [0.3, 0.4) is 0 Å². The van der Waals surface area contributed by atoms with Gasteiger partial charge in [-0.25, -0.2) is 0 Å². The maximum Gasteiger partial charge on any atom is 0.315 e. The Bertz CT molecular complexity index is 363. The van der Waals surface area contributed by atoms with Crippen LogP contribution in [0.2, 0.25) is 0 Å². The molecule has 0 aromatic carbocycles. The van der Waals surface area contributed by atoms with Crippen molar-refractivity contribution in [2.45, 2.75) is 45.8 Å². The fraction of sp³-hybridized carbons (Fsp3) is 0.700. The number of hydrogen-bond acceptors (Lipinski definition) is 6. The molecule has 0 spiro atoms. The van der Waals surface area contributed by atoms with E-state index in [1.807, 2.05) is 20.8 Å². The molecule has 4 N–H and O–H groups in total. The van der Waals surface area contributed by atoms with Crippen LogP contribution in [-0.4, -0.2) is 28.2 Å². The Labute approximate surface area is 100 Å².